The summed E-state index contributed by atoms with van der Waals surface area (Å²) in [6, 6.07) is 6.19. The van der Waals surface area contributed by atoms with Crippen molar-refractivity contribution in [1.82, 2.24) is 0 Å². The molecule has 0 fully saturated rings. The molecule has 0 bridgehead atoms. The van der Waals surface area contributed by atoms with E-state index in [1.165, 1.54) is 26.0 Å². The van der Waals surface area contributed by atoms with Crippen molar-refractivity contribution < 1.29 is 18.0 Å². The molecule has 0 radical (unpaired) electrons. The van der Waals surface area contributed by atoms with Crippen molar-refractivity contribution in [1.29, 1.82) is 0 Å². The first-order valence-electron chi connectivity index (χ1n) is 7.09. The van der Waals surface area contributed by atoms with Gasteiger partial charge < -0.3 is 10.6 Å². The molecule has 1 aliphatic heterocycles. The summed E-state index contributed by atoms with van der Waals surface area (Å²) in [5, 5.41) is 5.20. The first-order chi connectivity index (χ1) is 11.6. The number of hydrogen-bond acceptors (Lipinski definition) is 4. The Morgan fingerprint density at radius 1 is 0.800 bits per heavy atom. The van der Waals surface area contributed by atoms with Crippen LogP contribution in [0.5, 0.6) is 0 Å². The number of sulfone groups is 1. The molecule has 0 unspecified atom stereocenters. The van der Waals surface area contributed by atoms with Crippen molar-refractivity contribution in [2.75, 3.05) is 10.6 Å². The van der Waals surface area contributed by atoms with Crippen LogP contribution < -0.4 is 10.6 Å². The Morgan fingerprint density at radius 3 is 1.48 bits per heavy atom. The van der Waals surface area contributed by atoms with Gasteiger partial charge in [-0.05, 0) is 56.1 Å². The van der Waals surface area contributed by atoms with Gasteiger partial charge in [-0.1, -0.05) is 0 Å². The van der Waals surface area contributed by atoms with E-state index in [4.69, 9.17) is 0 Å². The summed E-state index contributed by atoms with van der Waals surface area (Å²) >= 11 is 6.71. The summed E-state index contributed by atoms with van der Waals surface area (Å²) < 4.78 is 27.0. The van der Waals surface area contributed by atoms with Gasteiger partial charge >= 0.3 is 0 Å². The molecular weight excluding hydrogens is 476 g/mol. The SMILES string of the molecule is CC(=O)Nc1cc2c(cc1Br)-c1cc(Br)c(NC(C)=O)cc1S2(=O)=O. The molecule has 0 saturated carbocycles. The molecule has 130 valence electrons. The zero-order valence-electron chi connectivity index (χ0n) is 13.1. The minimum absolute atomic E-state index is 0.112. The normalized spacial score (nSPS) is 13.8. The molecule has 2 aromatic rings. The molecule has 2 N–H and O–H groups in total. The predicted molar refractivity (Wildman–Crippen MR) is 101 cm³/mol. The van der Waals surface area contributed by atoms with E-state index >= 15 is 0 Å². The Balaban J connectivity index is 2.24. The Hall–Kier alpha value is -1.71. The van der Waals surface area contributed by atoms with E-state index in [-0.39, 0.29) is 21.6 Å². The summed E-state index contributed by atoms with van der Waals surface area (Å²) in [6.45, 7) is 2.69. The summed E-state index contributed by atoms with van der Waals surface area (Å²) in [4.78, 5) is 22.8. The highest BCUT2D eigenvalue weighted by Gasteiger charge is 2.35. The molecule has 2 aromatic carbocycles. The van der Waals surface area contributed by atoms with Gasteiger partial charge in [-0.15, -0.1) is 0 Å². The topological polar surface area (TPSA) is 92.3 Å². The predicted octanol–water partition coefficient (Wildman–Crippen LogP) is 3.94. The number of halogens is 2. The second-order valence-electron chi connectivity index (χ2n) is 5.52. The lowest BCUT2D eigenvalue weighted by Gasteiger charge is -2.09. The maximum Gasteiger partial charge on any atom is 0.221 e. The van der Waals surface area contributed by atoms with Crippen molar-refractivity contribution in [2.24, 2.45) is 0 Å². The van der Waals surface area contributed by atoms with Crippen LogP contribution in [0.25, 0.3) is 11.1 Å². The Kier molecular flexibility index (Phi) is 4.50. The fourth-order valence-corrected chi connectivity index (χ4v) is 5.25. The van der Waals surface area contributed by atoms with Crippen LogP contribution in [0.2, 0.25) is 0 Å². The zero-order valence-corrected chi connectivity index (χ0v) is 17.1. The highest BCUT2D eigenvalue weighted by atomic mass is 79.9. The minimum Gasteiger partial charge on any atom is -0.325 e. The maximum absolute atomic E-state index is 12.9. The number of fused-ring (bicyclic) bond motifs is 3. The first kappa shape index (κ1) is 18.1. The molecule has 0 aliphatic carbocycles. The maximum atomic E-state index is 12.9. The van der Waals surface area contributed by atoms with Gasteiger partial charge in [0.15, 0.2) is 0 Å². The lowest BCUT2D eigenvalue weighted by molar-refractivity contribution is -0.115. The Labute approximate surface area is 161 Å². The number of benzene rings is 2. The van der Waals surface area contributed by atoms with Gasteiger partial charge in [-0.3, -0.25) is 9.59 Å². The average molecular weight is 488 g/mol. The van der Waals surface area contributed by atoms with Gasteiger partial charge in [0.05, 0.1) is 21.2 Å². The van der Waals surface area contributed by atoms with Gasteiger partial charge in [0.25, 0.3) is 0 Å². The molecule has 9 heteroatoms. The lowest BCUT2D eigenvalue weighted by Crippen LogP contribution is -2.08. The number of hydrogen-bond donors (Lipinski definition) is 2. The van der Waals surface area contributed by atoms with Crippen molar-refractivity contribution in [2.45, 2.75) is 23.6 Å². The van der Waals surface area contributed by atoms with Crippen LogP contribution in [0.4, 0.5) is 11.4 Å². The van der Waals surface area contributed by atoms with Crippen molar-refractivity contribution in [3.63, 3.8) is 0 Å². The van der Waals surface area contributed by atoms with Gasteiger partial charge in [0.1, 0.15) is 0 Å². The molecular formula is C16H12Br2N2O4S. The Bertz CT molecular complexity index is 971. The summed E-state index contributed by atoms with van der Waals surface area (Å²) in [5.41, 5.74) is 1.82. The zero-order chi connectivity index (χ0) is 18.5. The standard InChI is InChI=1S/C16H12Br2N2O4S/c1-7(21)19-13-5-15-9(3-11(13)17)10-4-12(18)14(20-8(2)22)6-16(10)25(15,23)24/h3-6H,1-2H3,(H,19,21)(H,20,22). The van der Waals surface area contributed by atoms with Gasteiger partial charge in [0, 0.05) is 33.9 Å². The molecule has 0 saturated heterocycles. The van der Waals surface area contributed by atoms with Crippen LogP contribution in [0.1, 0.15) is 13.8 Å². The summed E-state index contributed by atoms with van der Waals surface area (Å²) in [7, 11) is -3.76. The van der Waals surface area contributed by atoms with Crippen molar-refractivity contribution >= 4 is 64.9 Å². The molecule has 0 atom stereocenters. The molecule has 1 aliphatic rings. The molecule has 3 rings (SSSR count). The smallest absolute Gasteiger partial charge is 0.221 e. The third-order valence-electron chi connectivity index (χ3n) is 3.63. The monoisotopic (exact) mass is 486 g/mol. The number of nitrogens with one attached hydrogen (secondary N) is 2. The van der Waals surface area contributed by atoms with Crippen molar-refractivity contribution in [3.8, 4) is 11.1 Å². The minimum atomic E-state index is -3.76. The quantitative estimate of drug-likeness (QED) is 0.572. The van der Waals surface area contributed by atoms with E-state index in [0.717, 1.165) is 0 Å². The number of carbonyl (C=O) groups is 2. The van der Waals surface area contributed by atoms with Gasteiger partial charge in [0.2, 0.25) is 21.7 Å². The second-order valence-corrected chi connectivity index (χ2v) is 9.12. The van der Waals surface area contributed by atoms with Crippen LogP contribution in [0.15, 0.2) is 43.0 Å². The number of anilines is 2. The van der Waals surface area contributed by atoms with E-state index in [2.05, 4.69) is 42.5 Å². The third kappa shape index (κ3) is 3.11. The molecule has 0 aromatic heterocycles. The number of amides is 2. The molecule has 2 amide bonds. The lowest BCUT2D eigenvalue weighted by atomic mass is 10.0. The van der Waals surface area contributed by atoms with E-state index in [1.54, 1.807) is 12.1 Å². The summed E-state index contributed by atoms with van der Waals surface area (Å²) in [5.74, 6) is -0.603. The van der Waals surface area contributed by atoms with E-state index in [0.29, 0.717) is 31.4 Å². The average Bonchev–Trinajstić information content (AvgIpc) is 2.67. The van der Waals surface area contributed by atoms with Crippen LogP contribution in [0, 0.1) is 0 Å². The molecule has 1 heterocycles. The second kappa shape index (κ2) is 6.22. The van der Waals surface area contributed by atoms with Crippen molar-refractivity contribution in [3.05, 3.63) is 33.2 Å². The van der Waals surface area contributed by atoms with Crippen LogP contribution in [-0.2, 0) is 19.4 Å². The van der Waals surface area contributed by atoms with E-state index in [9.17, 15) is 18.0 Å². The van der Waals surface area contributed by atoms with Crippen LogP contribution in [0.3, 0.4) is 0 Å². The van der Waals surface area contributed by atoms with Crippen LogP contribution in [-0.4, -0.2) is 20.2 Å². The van der Waals surface area contributed by atoms with E-state index < -0.39 is 9.84 Å². The largest absolute Gasteiger partial charge is 0.325 e. The fraction of sp³-hybridized carbons (Fsp3) is 0.125. The molecule has 25 heavy (non-hydrogen) atoms. The fourth-order valence-electron chi connectivity index (χ4n) is 2.66. The summed E-state index contributed by atoms with van der Waals surface area (Å²) in [6.07, 6.45) is 0. The van der Waals surface area contributed by atoms with Gasteiger partial charge in [-0.25, -0.2) is 8.42 Å². The first-order valence-corrected chi connectivity index (χ1v) is 10.2. The van der Waals surface area contributed by atoms with E-state index in [1.807, 2.05) is 0 Å². The highest BCUT2D eigenvalue weighted by Crippen LogP contribution is 2.48. The molecule has 0 spiro atoms. The number of rotatable bonds is 2. The highest BCUT2D eigenvalue weighted by molar-refractivity contribution is 9.11. The molecule has 6 nitrogen and oxygen atoms in total. The third-order valence-corrected chi connectivity index (χ3v) is 6.77. The van der Waals surface area contributed by atoms with Gasteiger partial charge in [-0.2, -0.15) is 0 Å². The number of carbonyl (C=O) groups excluding carboxylic acids is 2. The van der Waals surface area contributed by atoms with Crippen LogP contribution >= 0.6 is 31.9 Å². The Morgan fingerprint density at radius 2 is 1.16 bits per heavy atom.